The minimum Gasteiger partial charge on any atom is -0.147 e. The Kier molecular flexibility index (Phi) is 568. The molecule has 0 spiro atoms. The van der Waals surface area contributed by atoms with Crippen molar-refractivity contribution in [3.8, 4) is 0 Å². The largest absolute Gasteiger partial charge is 0.147 e. The van der Waals surface area contributed by atoms with Gasteiger partial charge in [0.15, 0.2) is 0 Å². The molecule has 0 amide bonds. The molecule has 5 heavy (non-hydrogen) atoms. The van der Waals surface area contributed by atoms with Gasteiger partial charge in [-0.05, 0) is 0 Å². The fourth-order valence-electron chi connectivity index (χ4n) is 0. The van der Waals surface area contributed by atoms with Crippen LogP contribution in [-0.4, -0.2) is 0 Å². The molecule has 1 radical (unpaired) electrons. The van der Waals surface area contributed by atoms with Crippen molar-refractivity contribution in [3.63, 3.8) is 0 Å². The molecule has 0 N–H and O–H groups in total. The van der Waals surface area contributed by atoms with Gasteiger partial charge in [0.2, 0.25) is 0 Å². The fourth-order valence-corrected chi connectivity index (χ4v) is 0. The number of hydrogen-bond donors (Lipinski definition) is 0. The van der Waals surface area contributed by atoms with Crippen LogP contribution in [0.4, 0.5) is 0 Å². The first-order valence-electron chi connectivity index (χ1n) is 0. The average Bonchev–Trinajstić information content (AvgIpc) is 0. The molecule has 0 heterocycles. The summed E-state index contributed by atoms with van der Waals surface area (Å²) >= 11 is 0. The Labute approximate surface area is 69.8 Å². The number of halogens is 4. The molecule has 0 aromatic carbocycles. The first kappa shape index (κ1) is 69.6. The molecular weight excluding hydrogens is 328 g/mol. The molecule has 0 nitrogen and oxygen atoms in total. The van der Waals surface area contributed by atoms with E-state index in [1.54, 1.807) is 0 Å². The maximum absolute atomic E-state index is 0. The summed E-state index contributed by atoms with van der Waals surface area (Å²) in [7, 11) is 0. The van der Waals surface area contributed by atoms with Gasteiger partial charge in [0.1, 0.15) is 0 Å². The molecule has 0 fully saturated rings. The monoisotopic (exact) mass is 331 g/mol. The minimum atomic E-state index is 0. The zero-order chi connectivity index (χ0) is 0. The second kappa shape index (κ2) is 40.8. The summed E-state index contributed by atoms with van der Waals surface area (Å²) in [4.78, 5) is 0. The standard InChI is InChI=1S/4ClH.Re/h4*1H;. The van der Waals surface area contributed by atoms with Crippen molar-refractivity contribution < 1.29 is 20.4 Å². The molecule has 0 aliphatic carbocycles. The van der Waals surface area contributed by atoms with E-state index in [0.29, 0.717) is 0 Å². The predicted octanol–water partition coefficient (Wildman–Crippen LogP) is 1.68. The molecule has 0 saturated heterocycles. The predicted molar refractivity (Wildman–Crippen MR) is 29.0 cm³/mol. The van der Waals surface area contributed by atoms with Crippen molar-refractivity contribution in [1.82, 2.24) is 0 Å². The SMILES string of the molecule is Cl.Cl.Cl.Cl.[Re]. The van der Waals surface area contributed by atoms with E-state index in [1.165, 1.54) is 0 Å². The Balaban J connectivity index is 0. The van der Waals surface area contributed by atoms with E-state index in [4.69, 9.17) is 0 Å². The molecule has 0 bridgehead atoms. The average molecular weight is 332 g/mol. The van der Waals surface area contributed by atoms with E-state index in [9.17, 15) is 0 Å². The van der Waals surface area contributed by atoms with Gasteiger partial charge in [0, 0.05) is 20.4 Å². The quantitative estimate of drug-likeness (QED) is 0.633. The van der Waals surface area contributed by atoms with Crippen LogP contribution in [-0.2, 0) is 20.4 Å². The third-order valence-corrected chi connectivity index (χ3v) is 0. The van der Waals surface area contributed by atoms with E-state index >= 15 is 0 Å². The van der Waals surface area contributed by atoms with Gasteiger partial charge in [-0.25, -0.2) is 0 Å². The Hall–Kier alpha value is 1.82. The van der Waals surface area contributed by atoms with Crippen LogP contribution in [0.2, 0.25) is 0 Å². The van der Waals surface area contributed by atoms with Crippen LogP contribution in [0.15, 0.2) is 0 Å². The van der Waals surface area contributed by atoms with Gasteiger partial charge < -0.3 is 0 Å². The zero-order valence-corrected chi connectivity index (χ0v) is 7.99. The second-order valence-electron chi connectivity index (χ2n) is 0. The molecular formula is H4Cl4Re. The van der Waals surface area contributed by atoms with E-state index < -0.39 is 0 Å². The summed E-state index contributed by atoms with van der Waals surface area (Å²) < 4.78 is 0. The van der Waals surface area contributed by atoms with Crippen LogP contribution in [0.3, 0.4) is 0 Å². The van der Waals surface area contributed by atoms with Crippen molar-refractivity contribution in [2.75, 3.05) is 0 Å². The summed E-state index contributed by atoms with van der Waals surface area (Å²) in [5.74, 6) is 0. The summed E-state index contributed by atoms with van der Waals surface area (Å²) in [5.41, 5.74) is 0. The molecule has 0 saturated carbocycles. The van der Waals surface area contributed by atoms with E-state index in [-0.39, 0.29) is 70.1 Å². The normalized spacial score (nSPS) is 0. The maximum Gasteiger partial charge on any atom is 0 e. The molecule has 0 atom stereocenters. The van der Waals surface area contributed by atoms with Gasteiger partial charge in [-0.1, -0.05) is 0 Å². The van der Waals surface area contributed by atoms with E-state index in [0.717, 1.165) is 0 Å². The Morgan fingerprint density at radius 1 is 0.400 bits per heavy atom. The Morgan fingerprint density at radius 3 is 0.400 bits per heavy atom. The molecule has 0 aromatic rings. The first-order valence-corrected chi connectivity index (χ1v) is 0. The molecule has 0 rings (SSSR count). The molecule has 5 heteroatoms. The van der Waals surface area contributed by atoms with E-state index in [2.05, 4.69) is 0 Å². The smallest absolute Gasteiger partial charge is 0 e. The van der Waals surface area contributed by atoms with Crippen LogP contribution < -0.4 is 0 Å². The molecule has 0 aliphatic rings. The van der Waals surface area contributed by atoms with Crippen LogP contribution >= 0.6 is 49.6 Å². The van der Waals surface area contributed by atoms with Gasteiger partial charge in [-0.15, -0.1) is 49.6 Å². The molecule has 0 aliphatic heterocycles. The van der Waals surface area contributed by atoms with Crippen LogP contribution in [0.1, 0.15) is 0 Å². The molecule has 0 aromatic heterocycles. The van der Waals surface area contributed by atoms with Crippen LogP contribution in [0, 0.1) is 0 Å². The van der Waals surface area contributed by atoms with Gasteiger partial charge in [-0.2, -0.15) is 0 Å². The Bertz CT molecular complexity index is 3.61. The summed E-state index contributed by atoms with van der Waals surface area (Å²) in [6.07, 6.45) is 0. The third kappa shape index (κ3) is 25.6. The van der Waals surface area contributed by atoms with Crippen LogP contribution in [0.25, 0.3) is 0 Å². The van der Waals surface area contributed by atoms with Crippen molar-refractivity contribution in [2.24, 2.45) is 0 Å². The topological polar surface area (TPSA) is 0 Å². The third-order valence-electron chi connectivity index (χ3n) is 0. The number of hydrogen-bond acceptors (Lipinski definition) is 0. The molecule has 39 valence electrons. The second-order valence-corrected chi connectivity index (χ2v) is 0. The summed E-state index contributed by atoms with van der Waals surface area (Å²) in [6.45, 7) is 0. The minimum absolute atomic E-state index is 0. The van der Waals surface area contributed by atoms with Crippen molar-refractivity contribution in [3.05, 3.63) is 0 Å². The molecule has 0 unspecified atom stereocenters. The van der Waals surface area contributed by atoms with E-state index in [1.807, 2.05) is 0 Å². The fraction of sp³-hybridized carbons (Fsp3) is 0. The maximum atomic E-state index is 0. The Morgan fingerprint density at radius 2 is 0.400 bits per heavy atom. The van der Waals surface area contributed by atoms with Gasteiger partial charge in [0.05, 0.1) is 0 Å². The van der Waals surface area contributed by atoms with Crippen molar-refractivity contribution in [2.45, 2.75) is 0 Å². The number of rotatable bonds is 0. The zero-order valence-electron chi connectivity index (χ0n) is 2.01. The van der Waals surface area contributed by atoms with Gasteiger partial charge in [0.25, 0.3) is 0 Å². The van der Waals surface area contributed by atoms with Crippen LogP contribution in [0.5, 0.6) is 0 Å². The summed E-state index contributed by atoms with van der Waals surface area (Å²) in [5, 5.41) is 0. The first-order chi connectivity index (χ1) is 0. The van der Waals surface area contributed by atoms with Gasteiger partial charge in [-0.3, -0.25) is 0 Å². The van der Waals surface area contributed by atoms with Gasteiger partial charge >= 0.3 is 0 Å². The van der Waals surface area contributed by atoms with Crippen molar-refractivity contribution in [1.29, 1.82) is 0 Å². The van der Waals surface area contributed by atoms with Crippen molar-refractivity contribution >= 4 is 49.6 Å². The summed E-state index contributed by atoms with van der Waals surface area (Å²) in [6, 6.07) is 0.